The van der Waals surface area contributed by atoms with E-state index in [1.807, 2.05) is 6.92 Å². The van der Waals surface area contributed by atoms with Crippen LogP contribution in [0.15, 0.2) is 38.0 Å². The molecule has 0 amide bonds. The van der Waals surface area contributed by atoms with E-state index in [1.165, 1.54) is 0 Å². The quantitative estimate of drug-likeness (QED) is 0.177. The summed E-state index contributed by atoms with van der Waals surface area (Å²) in [4.78, 5) is 38.4. The van der Waals surface area contributed by atoms with E-state index in [2.05, 4.69) is 34.2 Å². The number of hydrogen-bond acceptors (Lipinski definition) is 8. The lowest BCUT2D eigenvalue weighted by molar-refractivity contribution is -0.267. The van der Waals surface area contributed by atoms with Crippen LogP contribution in [-0.2, 0) is 28.9 Å². The molecule has 0 radical (unpaired) electrons. The molecule has 0 aromatic carbocycles. The van der Waals surface area contributed by atoms with Gasteiger partial charge in [-0.15, -0.1) is 0 Å². The number of carbonyl (C=O) groups excluding carboxylic acids is 2. The maximum atomic E-state index is 10.3. The van der Waals surface area contributed by atoms with Crippen molar-refractivity contribution < 1.29 is 44.2 Å². The Kier molecular flexibility index (Phi) is 22.6. The van der Waals surface area contributed by atoms with Gasteiger partial charge in [-0.25, -0.2) is 14.4 Å². The molecule has 138 valence electrons. The highest BCUT2D eigenvalue weighted by Gasteiger charge is 2.03. The van der Waals surface area contributed by atoms with E-state index in [1.54, 1.807) is 0 Å². The summed E-state index contributed by atoms with van der Waals surface area (Å²) in [5.74, 6) is -2.14. The second-order valence-corrected chi connectivity index (χ2v) is 3.64. The molecule has 0 rings (SSSR count). The van der Waals surface area contributed by atoms with Gasteiger partial charge in [-0.2, -0.15) is 4.89 Å². The minimum atomic E-state index is -0.996. The lowest BCUT2D eigenvalue weighted by atomic mass is 10.4. The van der Waals surface area contributed by atoms with E-state index in [0.29, 0.717) is 6.61 Å². The van der Waals surface area contributed by atoms with Crippen LogP contribution < -0.4 is 0 Å². The number of aliphatic hydroxyl groups is 2. The lowest BCUT2D eigenvalue weighted by Crippen LogP contribution is -2.21. The molecule has 0 aromatic rings. The largest absolute Gasteiger partial charge is 0.478 e. The SMILES string of the molecule is C=CC(=O)O.C=CC(=O)OCC(O)CO.C=CC(=O)OOCCC. The molecule has 0 aliphatic heterocycles. The van der Waals surface area contributed by atoms with Crippen molar-refractivity contribution in [2.45, 2.75) is 19.4 Å². The van der Waals surface area contributed by atoms with Crippen LogP contribution in [0.1, 0.15) is 13.3 Å². The van der Waals surface area contributed by atoms with Gasteiger partial charge in [-0.05, 0) is 6.42 Å². The Morgan fingerprint density at radius 2 is 1.58 bits per heavy atom. The maximum Gasteiger partial charge on any atom is 0.365 e. The predicted octanol–water partition coefficient (Wildman–Crippen LogP) is 0.383. The number of carboxylic acids is 1. The summed E-state index contributed by atoms with van der Waals surface area (Å²) in [6.45, 7) is 11.0. The maximum absolute atomic E-state index is 10.3. The minimum absolute atomic E-state index is 0.193. The third kappa shape index (κ3) is 27.8. The molecule has 0 saturated carbocycles. The first-order valence-electron chi connectivity index (χ1n) is 6.68. The lowest BCUT2D eigenvalue weighted by Gasteiger charge is -2.05. The fourth-order valence-corrected chi connectivity index (χ4v) is 0.507. The predicted molar refractivity (Wildman–Crippen MR) is 84.6 cm³/mol. The first-order chi connectivity index (χ1) is 11.3. The standard InChI is InChI=1S/C6H10O4.C6H10O3.C3H4O2/c1-2-6(9)10-4-5(8)3-7;1-3-5-8-9-6(7)4-2;1-2-3(4)5/h2,5,7-8H,1,3-4H2;4H,2-3,5H2,1H3;2H,1H2,(H,4,5). The Labute approximate surface area is 140 Å². The second kappa shape index (κ2) is 20.5. The summed E-state index contributed by atoms with van der Waals surface area (Å²) >= 11 is 0. The summed E-state index contributed by atoms with van der Waals surface area (Å²) in [5.41, 5.74) is 0. The van der Waals surface area contributed by atoms with Gasteiger partial charge in [0.15, 0.2) is 0 Å². The Hall–Kier alpha value is -2.49. The van der Waals surface area contributed by atoms with Gasteiger partial charge in [0.1, 0.15) is 12.7 Å². The molecule has 3 N–H and O–H groups in total. The highest BCUT2D eigenvalue weighted by Crippen LogP contribution is 1.85. The molecule has 9 heteroatoms. The van der Waals surface area contributed by atoms with Gasteiger partial charge in [0.25, 0.3) is 0 Å². The first-order valence-corrected chi connectivity index (χ1v) is 6.68. The van der Waals surface area contributed by atoms with Crippen molar-refractivity contribution in [1.82, 2.24) is 0 Å². The number of aliphatic carboxylic acids is 1. The van der Waals surface area contributed by atoms with Crippen molar-refractivity contribution in [2.75, 3.05) is 19.8 Å². The third-order valence-corrected chi connectivity index (χ3v) is 1.57. The van der Waals surface area contributed by atoms with E-state index in [4.69, 9.17) is 15.3 Å². The number of esters is 1. The van der Waals surface area contributed by atoms with E-state index in [9.17, 15) is 14.4 Å². The monoisotopic (exact) mass is 348 g/mol. The topological polar surface area (TPSA) is 140 Å². The number of carboxylic acid groups (broad SMARTS) is 1. The summed E-state index contributed by atoms with van der Waals surface area (Å²) in [5, 5.41) is 24.5. The molecule has 0 bridgehead atoms. The van der Waals surface area contributed by atoms with Crippen molar-refractivity contribution >= 4 is 17.9 Å². The van der Waals surface area contributed by atoms with Crippen molar-refractivity contribution in [3.8, 4) is 0 Å². The highest BCUT2D eigenvalue weighted by molar-refractivity contribution is 5.81. The van der Waals surface area contributed by atoms with Gasteiger partial charge in [0, 0.05) is 18.2 Å². The Bertz CT molecular complexity index is 390. The van der Waals surface area contributed by atoms with E-state index in [0.717, 1.165) is 24.6 Å². The van der Waals surface area contributed by atoms with E-state index >= 15 is 0 Å². The van der Waals surface area contributed by atoms with Gasteiger partial charge in [-0.1, -0.05) is 26.7 Å². The van der Waals surface area contributed by atoms with Crippen LogP contribution in [0.2, 0.25) is 0 Å². The van der Waals surface area contributed by atoms with Crippen molar-refractivity contribution in [2.24, 2.45) is 0 Å². The van der Waals surface area contributed by atoms with Crippen LogP contribution in [-0.4, -0.2) is 59.2 Å². The van der Waals surface area contributed by atoms with Gasteiger partial charge in [-0.3, -0.25) is 4.89 Å². The number of rotatable bonds is 9. The summed E-state index contributed by atoms with van der Waals surface area (Å²) in [7, 11) is 0. The Morgan fingerprint density at radius 3 is 1.92 bits per heavy atom. The molecule has 24 heavy (non-hydrogen) atoms. The average molecular weight is 348 g/mol. The molecule has 0 fully saturated rings. The van der Waals surface area contributed by atoms with Gasteiger partial charge in [0.2, 0.25) is 0 Å². The van der Waals surface area contributed by atoms with Crippen LogP contribution in [0.3, 0.4) is 0 Å². The number of hydrogen-bond donors (Lipinski definition) is 3. The molecular weight excluding hydrogens is 324 g/mol. The molecule has 0 heterocycles. The van der Waals surface area contributed by atoms with Gasteiger partial charge in [0.05, 0.1) is 13.2 Å². The third-order valence-electron chi connectivity index (χ3n) is 1.57. The van der Waals surface area contributed by atoms with Crippen molar-refractivity contribution in [1.29, 1.82) is 0 Å². The molecule has 0 saturated heterocycles. The average Bonchev–Trinajstić information content (AvgIpc) is 2.60. The van der Waals surface area contributed by atoms with Crippen LogP contribution in [0.4, 0.5) is 0 Å². The van der Waals surface area contributed by atoms with E-state index < -0.39 is 30.6 Å². The van der Waals surface area contributed by atoms with Crippen LogP contribution in [0.25, 0.3) is 0 Å². The van der Waals surface area contributed by atoms with Crippen molar-refractivity contribution in [3.63, 3.8) is 0 Å². The summed E-state index contributed by atoms with van der Waals surface area (Å²) in [6.07, 6.45) is 2.70. The van der Waals surface area contributed by atoms with Crippen LogP contribution >= 0.6 is 0 Å². The molecule has 0 aliphatic rings. The Balaban J connectivity index is -0.000000291. The fourth-order valence-electron chi connectivity index (χ4n) is 0.507. The normalized spacial score (nSPS) is 9.62. The van der Waals surface area contributed by atoms with E-state index in [-0.39, 0.29) is 6.61 Å². The zero-order valence-electron chi connectivity index (χ0n) is 13.6. The Morgan fingerprint density at radius 1 is 1.08 bits per heavy atom. The zero-order chi connectivity index (χ0) is 19.4. The minimum Gasteiger partial charge on any atom is -0.478 e. The first kappa shape index (κ1) is 26.4. The highest BCUT2D eigenvalue weighted by atomic mass is 17.2. The molecular formula is C15H24O9. The summed E-state index contributed by atoms with van der Waals surface area (Å²) in [6, 6.07) is 0. The fraction of sp³-hybridized carbons (Fsp3) is 0.400. The number of carbonyl (C=O) groups is 3. The smallest absolute Gasteiger partial charge is 0.365 e. The summed E-state index contributed by atoms with van der Waals surface area (Å²) < 4.78 is 4.38. The number of aliphatic hydroxyl groups excluding tert-OH is 2. The number of ether oxygens (including phenoxy) is 1. The zero-order valence-corrected chi connectivity index (χ0v) is 13.6. The van der Waals surface area contributed by atoms with Gasteiger partial charge >= 0.3 is 17.9 Å². The van der Waals surface area contributed by atoms with Crippen LogP contribution in [0, 0.1) is 0 Å². The molecule has 0 aromatic heterocycles. The molecule has 1 unspecified atom stereocenters. The van der Waals surface area contributed by atoms with Crippen LogP contribution in [0.5, 0.6) is 0 Å². The molecule has 1 atom stereocenters. The van der Waals surface area contributed by atoms with Gasteiger partial charge < -0.3 is 20.1 Å². The molecule has 9 nitrogen and oxygen atoms in total. The van der Waals surface area contributed by atoms with Crippen molar-refractivity contribution in [3.05, 3.63) is 38.0 Å². The second-order valence-electron chi connectivity index (χ2n) is 3.64. The molecule has 0 aliphatic carbocycles. The molecule has 0 spiro atoms.